The second-order valence-electron chi connectivity index (χ2n) is 4.96. The van der Waals surface area contributed by atoms with Crippen molar-refractivity contribution in [1.82, 2.24) is 10.5 Å². The highest BCUT2D eigenvalue weighted by molar-refractivity contribution is 5.91. The third-order valence-corrected chi connectivity index (χ3v) is 3.39. The summed E-state index contributed by atoms with van der Waals surface area (Å²) in [4.78, 5) is 11.9. The maximum Gasteiger partial charge on any atom is 0.289 e. The van der Waals surface area contributed by atoms with Crippen molar-refractivity contribution >= 4 is 5.91 Å². The van der Waals surface area contributed by atoms with Gasteiger partial charge in [-0.05, 0) is 25.2 Å². The van der Waals surface area contributed by atoms with E-state index in [4.69, 9.17) is 9.63 Å². The fraction of sp³-hybridized carbons (Fsp3) is 0.714. The molecule has 0 aliphatic heterocycles. The van der Waals surface area contributed by atoms with Crippen molar-refractivity contribution in [1.29, 1.82) is 0 Å². The lowest BCUT2D eigenvalue weighted by Crippen LogP contribution is -2.28. The van der Waals surface area contributed by atoms with Crippen molar-refractivity contribution in [3.63, 3.8) is 0 Å². The summed E-state index contributed by atoms with van der Waals surface area (Å²) in [7, 11) is 0. The van der Waals surface area contributed by atoms with Crippen molar-refractivity contribution in [2.45, 2.75) is 46.0 Å². The minimum Gasteiger partial charge on any atom is -0.396 e. The number of carbonyl (C=O) groups is 1. The van der Waals surface area contributed by atoms with E-state index in [2.05, 4.69) is 24.3 Å². The molecule has 0 aliphatic rings. The quantitative estimate of drug-likeness (QED) is 0.758. The number of hydrogen-bond acceptors (Lipinski definition) is 4. The summed E-state index contributed by atoms with van der Waals surface area (Å²) in [5.74, 6) is 0.613. The third-order valence-electron chi connectivity index (χ3n) is 3.39. The second-order valence-corrected chi connectivity index (χ2v) is 4.96. The van der Waals surface area contributed by atoms with Crippen LogP contribution in [0.1, 0.15) is 62.2 Å². The highest BCUT2D eigenvalue weighted by Gasteiger charge is 2.17. The highest BCUT2D eigenvalue weighted by atomic mass is 16.5. The summed E-state index contributed by atoms with van der Waals surface area (Å²) in [6, 6.07) is 1.73. The Kier molecular flexibility index (Phi) is 6.56. The summed E-state index contributed by atoms with van der Waals surface area (Å²) in [6.07, 6.45) is 2.64. The zero-order chi connectivity index (χ0) is 14.3. The second kappa shape index (κ2) is 7.94. The molecule has 0 bridgehead atoms. The van der Waals surface area contributed by atoms with Gasteiger partial charge in [-0.15, -0.1) is 0 Å². The standard InChI is InChI=1S/C14H24N2O3/c1-4-11(5-2)12-8-13(19-16-12)14(18)15-9-10(3)6-7-17/h8,10-11,17H,4-7,9H2,1-3H3,(H,15,18). The van der Waals surface area contributed by atoms with Gasteiger partial charge < -0.3 is 14.9 Å². The van der Waals surface area contributed by atoms with Gasteiger partial charge in [-0.3, -0.25) is 4.79 Å². The van der Waals surface area contributed by atoms with Crippen molar-refractivity contribution < 1.29 is 14.4 Å². The molecule has 0 aromatic carbocycles. The number of aliphatic hydroxyl groups excluding tert-OH is 1. The molecule has 0 saturated carbocycles. The fourth-order valence-corrected chi connectivity index (χ4v) is 1.97. The number of nitrogens with zero attached hydrogens (tertiary/aromatic N) is 1. The van der Waals surface area contributed by atoms with Crippen LogP contribution in [-0.4, -0.2) is 29.3 Å². The first kappa shape index (κ1) is 15.7. The molecule has 0 fully saturated rings. The summed E-state index contributed by atoms with van der Waals surface area (Å²) in [5, 5.41) is 15.6. The first-order valence-electron chi connectivity index (χ1n) is 6.97. The predicted octanol–water partition coefficient (Wildman–Crippen LogP) is 2.33. The molecule has 1 heterocycles. The first-order chi connectivity index (χ1) is 9.12. The van der Waals surface area contributed by atoms with Crippen LogP contribution in [0.5, 0.6) is 0 Å². The Morgan fingerprint density at radius 2 is 2.16 bits per heavy atom. The Hall–Kier alpha value is -1.36. The minimum absolute atomic E-state index is 0.137. The van der Waals surface area contributed by atoms with Crippen molar-refractivity contribution in [3.8, 4) is 0 Å². The van der Waals surface area contributed by atoms with E-state index in [1.165, 1.54) is 0 Å². The van der Waals surface area contributed by atoms with E-state index in [0.717, 1.165) is 18.5 Å². The van der Waals surface area contributed by atoms with Crippen LogP contribution in [0, 0.1) is 5.92 Å². The lowest BCUT2D eigenvalue weighted by molar-refractivity contribution is 0.0908. The predicted molar refractivity (Wildman–Crippen MR) is 73.0 cm³/mol. The molecule has 1 unspecified atom stereocenters. The lowest BCUT2D eigenvalue weighted by atomic mass is 9.99. The van der Waals surface area contributed by atoms with Gasteiger partial charge in [0, 0.05) is 25.1 Å². The van der Waals surface area contributed by atoms with Gasteiger partial charge in [0.1, 0.15) is 0 Å². The van der Waals surface area contributed by atoms with E-state index in [1.54, 1.807) is 6.07 Å². The molecular formula is C14H24N2O3. The van der Waals surface area contributed by atoms with Crippen molar-refractivity contribution in [2.24, 2.45) is 5.92 Å². The van der Waals surface area contributed by atoms with Crippen LogP contribution in [0.15, 0.2) is 10.6 Å². The van der Waals surface area contributed by atoms with Gasteiger partial charge in [-0.25, -0.2) is 0 Å². The van der Waals surface area contributed by atoms with Crippen LogP contribution < -0.4 is 5.32 Å². The minimum atomic E-state index is -0.241. The first-order valence-corrected chi connectivity index (χ1v) is 6.97. The van der Waals surface area contributed by atoms with E-state index in [1.807, 2.05) is 6.92 Å². The van der Waals surface area contributed by atoms with Crippen LogP contribution in [-0.2, 0) is 0 Å². The van der Waals surface area contributed by atoms with E-state index in [0.29, 0.717) is 18.9 Å². The van der Waals surface area contributed by atoms with Gasteiger partial charge in [-0.2, -0.15) is 0 Å². The van der Waals surface area contributed by atoms with Gasteiger partial charge in [-0.1, -0.05) is 25.9 Å². The van der Waals surface area contributed by atoms with Crippen LogP contribution in [0.2, 0.25) is 0 Å². The molecule has 0 aliphatic carbocycles. The number of hydrogen-bond donors (Lipinski definition) is 2. The molecule has 0 saturated heterocycles. The summed E-state index contributed by atoms with van der Waals surface area (Å²) in [6.45, 7) is 6.84. The van der Waals surface area contributed by atoms with E-state index < -0.39 is 0 Å². The number of aromatic nitrogens is 1. The molecule has 1 rings (SSSR count). The van der Waals surface area contributed by atoms with Crippen LogP contribution in [0.4, 0.5) is 0 Å². The molecular weight excluding hydrogens is 244 g/mol. The summed E-state index contributed by atoms with van der Waals surface area (Å²) < 4.78 is 5.09. The molecule has 0 radical (unpaired) electrons. The Morgan fingerprint density at radius 1 is 1.47 bits per heavy atom. The molecule has 1 amide bonds. The molecule has 19 heavy (non-hydrogen) atoms. The number of rotatable bonds is 8. The van der Waals surface area contributed by atoms with Crippen LogP contribution in [0.25, 0.3) is 0 Å². The van der Waals surface area contributed by atoms with Crippen LogP contribution in [0.3, 0.4) is 0 Å². The smallest absolute Gasteiger partial charge is 0.289 e. The monoisotopic (exact) mass is 268 g/mol. The molecule has 1 atom stereocenters. The Labute approximate surface area is 114 Å². The maximum atomic E-state index is 11.9. The topological polar surface area (TPSA) is 75.4 Å². The van der Waals surface area contributed by atoms with E-state index in [-0.39, 0.29) is 24.2 Å². The van der Waals surface area contributed by atoms with Gasteiger partial charge in [0.05, 0.1) is 5.69 Å². The average Bonchev–Trinajstić information content (AvgIpc) is 2.87. The number of amides is 1. The third kappa shape index (κ3) is 4.67. The SMILES string of the molecule is CCC(CC)c1cc(C(=O)NCC(C)CCO)on1. The van der Waals surface area contributed by atoms with Crippen LogP contribution >= 0.6 is 0 Å². The number of nitrogens with one attached hydrogen (secondary N) is 1. The van der Waals surface area contributed by atoms with Crippen molar-refractivity contribution in [2.75, 3.05) is 13.2 Å². The lowest BCUT2D eigenvalue weighted by Gasteiger charge is -2.09. The molecule has 1 aromatic rings. The number of aliphatic hydroxyl groups is 1. The Balaban J connectivity index is 2.53. The molecule has 1 aromatic heterocycles. The molecule has 0 spiro atoms. The number of carbonyl (C=O) groups excluding carboxylic acids is 1. The van der Waals surface area contributed by atoms with Gasteiger partial charge in [0.2, 0.25) is 5.76 Å². The van der Waals surface area contributed by atoms with E-state index in [9.17, 15) is 4.79 Å². The molecule has 5 nitrogen and oxygen atoms in total. The highest BCUT2D eigenvalue weighted by Crippen LogP contribution is 2.22. The van der Waals surface area contributed by atoms with Gasteiger partial charge >= 0.3 is 0 Å². The van der Waals surface area contributed by atoms with Gasteiger partial charge in [0.25, 0.3) is 5.91 Å². The molecule has 108 valence electrons. The summed E-state index contributed by atoms with van der Waals surface area (Å²) in [5.41, 5.74) is 0.846. The molecule has 5 heteroatoms. The zero-order valence-electron chi connectivity index (χ0n) is 12.0. The molecule has 2 N–H and O–H groups in total. The summed E-state index contributed by atoms with van der Waals surface area (Å²) >= 11 is 0. The largest absolute Gasteiger partial charge is 0.396 e. The normalized spacial score (nSPS) is 12.7. The van der Waals surface area contributed by atoms with Crippen molar-refractivity contribution in [3.05, 3.63) is 17.5 Å². The Bertz CT molecular complexity index is 386. The van der Waals surface area contributed by atoms with E-state index >= 15 is 0 Å². The zero-order valence-corrected chi connectivity index (χ0v) is 12.0. The van der Waals surface area contributed by atoms with Gasteiger partial charge in [0.15, 0.2) is 0 Å². The fourth-order valence-electron chi connectivity index (χ4n) is 1.97. The maximum absolute atomic E-state index is 11.9. The average molecular weight is 268 g/mol. The Morgan fingerprint density at radius 3 is 2.74 bits per heavy atom.